The normalized spacial score (nSPS) is 16.8. The summed E-state index contributed by atoms with van der Waals surface area (Å²) in [6.07, 6.45) is 2.40. The molecule has 2 nitrogen and oxygen atoms in total. The van der Waals surface area contributed by atoms with E-state index in [0.29, 0.717) is 25.9 Å². The van der Waals surface area contributed by atoms with Gasteiger partial charge in [-0.05, 0) is 25.8 Å². The number of nitrogens with one attached hydrogen (secondary N) is 1. The van der Waals surface area contributed by atoms with E-state index in [1.807, 2.05) is 0 Å². The second-order valence-electron chi connectivity index (χ2n) is 5.03. The van der Waals surface area contributed by atoms with E-state index in [4.69, 9.17) is 0 Å². The van der Waals surface area contributed by atoms with Gasteiger partial charge in [-0.15, -0.1) is 0 Å². The summed E-state index contributed by atoms with van der Waals surface area (Å²) in [5.74, 6) is -5.34. The number of piperidine rings is 1. The molecule has 0 spiro atoms. The van der Waals surface area contributed by atoms with Crippen LogP contribution in [0.25, 0.3) is 0 Å². The van der Waals surface area contributed by atoms with E-state index < -0.39 is 29.0 Å². The van der Waals surface area contributed by atoms with Crippen LogP contribution in [-0.4, -0.2) is 25.7 Å². The maximum absolute atomic E-state index is 13.7. The topological polar surface area (TPSA) is 15.3 Å². The maximum Gasteiger partial charge on any atom is 0.185 e. The van der Waals surface area contributed by atoms with E-state index >= 15 is 0 Å². The maximum atomic E-state index is 13.7. The fourth-order valence-corrected chi connectivity index (χ4v) is 2.49. The molecule has 1 aromatic rings. The fraction of sp³-hybridized carbons (Fsp3) is 0.571. The summed E-state index contributed by atoms with van der Waals surface area (Å²) < 4.78 is 53.8. The van der Waals surface area contributed by atoms with Gasteiger partial charge in [0.25, 0.3) is 0 Å². The minimum absolute atomic E-state index is 0.240. The molecule has 0 saturated carbocycles. The number of nitrogens with zero attached hydrogens (tertiary/aromatic N) is 1. The van der Waals surface area contributed by atoms with Crippen LogP contribution in [0.2, 0.25) is 0 Å². The molecule has 1 saturated heterocycles. The summed E-state index contributed by atoms with van der Waals surface area (Å²) in [6, 6.07) is 0.528. The van der Waals surface area contributed by atoms with Gasteiger partial charge in [0.15, 0.2) is 23.3 Å². The summed E-state index contributed by atoms with van der Waals surface area (Å²) in [4.78, 5) is 1.38. The first-order chi connectivity index (χ1) is 9.54. The van der Waals surface area contributed by atoms with Crippen molar-refractivity contribution >= 4 is 5.69 Å². The Kier molecular flexibility index (Phi) is 4.86. The summed E-state index contributed by atoms with van der Waals surface area (Å²) in [5.41, 5.74) is -0.587. The van der Waals surface area contributed by atoms with Crippen LogP contribution in [0.5, 0.6) is 0 Å². The van der Waals surface area contributed by atoms with Crippen molar-refractivity contribution in [1.29, 1.82) is 0 Å². The molecule has 1 aromatic carbocycles. The molecule has 112 valence electrons. The van der Waals surface area contributed by atoms with Gasteiger partial charge in [0.2, 0.25) is 0 Å². The average Bonchev–Trinajstić information content (AvgIpc) is 2.44. The SMILES string of the molecule is CCCNC1CCN(c2c(F)c(F)cc(F)c2F)CC1. The molecule has 0 unspecified atom stereocenters. The van der Waals surface area contributed by atoms with Gasteiger partial charge in [0.05, 0.1) is 0 Å². The summed E-state index contributed by atoms with van der Waals surface area (Å²) in [7, 11) is 0. The molecule has 1 fully saturated rings. The molecule has 1 aliphatic rings. The molecule has 1 N–H and O–H groups in total. The van der Waals surface area contributed by atoms with Gasteiger partial charge < -0.3 is 10.2 Å². The minimum atomic E-state index is -1.36. The Hall–Kier alpha value is -1.30. The van der Waals surface area contributed by atoms with Crippen LogP contribution in [0.1, 0.15) is 26.2 Å². The number of halogens is 4. The highest BCUT2D eigenvalue weighted by atomic mass is 19.2. The number of hydrogen-bond donors (Lipinski definition) is 1. The first kappa shape index (κ1) is 15.1. The minimum Gasteiger partial charge on any atom is -0.366 e. The third-order valence-electron chi connectivity index (χ3n) is 3.58. The van der Waals surface area contributed by atoms with Crippen molar-refractivity contribution in [1.82, 2.24) is 5.32 Å². The van der Waals surface area contributed by atoms with Crippen molar-refractivity contribution < 1.29 is 17.6 Å². The highest BCUT2D eigenvalue weighted by Gasteiger charge is 2.27. The van der Waals surface area contributed by atoms with Crippen LogP contribution < -0.4 is 10.2 Å². The molecule has 0 radical (unpaired) electrons. The standard InChI is InChI=1S/C14H18F4N2/c1-2-5-19-9-3-6-20(7-4-9)14-12(17)10(15)8-11(16)13(14)18/h8-9,19H,2-7H2,1H3. The van der Waals surface area contributed by atoms with Gasteiger partial charge in [-0.25, -0.2) is 17.6 Å². The lowest BCUT2D eigenvalue weighted by atomic mass is 10.0. The number of benzene rings is 1. The van der Waals surface area contributed by atoms with Crippen molar-refractivity contribution in [3.8, 4) is 0 Å². The van der Waals surface area contributed by atoms with Gasteiger partial charge in [-0.3, -0.25) is 0 Å². The Labute approximate surface area is 115 Å². The van der Waals surface area contributed by atoms with Crippen molar-refractivity contribution in [2.24, 2.45) is 0 Å². The van der Waals surface area contributed by atoms with Gasteiger partial charge in [-0.1, -0.05) is 6.92 Å². The smallest absolute Gasteiger partial charge is 0.185 e. The van der Waals surface area contributed by atoms with Crippen LogP contribution >= 0.6 is 0 Å². The zero-order chi connectivity index (χ0) is 14.7. The lowest BCUT2D eigenvalue weighted by Crippen LogP contribution is -2.43. The van der Waals surface area contributed by atoms with E-state index in [1.165, 1.54) is 4.90 Å². The predicted molar refractivity (Wildman–Crippen MR) is 69.8 cm³/mol. The Bertz CT molecular complexity index is 444. The molecule has 0 amide bonds. The third-order valence-corrected chi connectivity index (χ3v) is 3.58. The van der Waals surface area contributed by atoms with E-state index in [2.05, 4.69) is 12.2 Å². The van der Waals surface area contributed by atoms with E-state index in [0.717, 1.165) is 13.0 Å². The van der Waals surface area contributed by atoms with Gasteiger partial charge >= 0.3 is 0 Å². The molecule has 1 aliphatic heterocycles. The summed E-state index contributed by atoms with van der Waals surface area (Å²) in [5, 5.41) is 3.33. The molecule has 0 aromatic heterocycles. The molecule has 0 aliphatic carbocycles. The monoisotopic (exact) mass is 290 g/mol. The highest BCUT2D eigenvalue weighted by molar-refractivity contribution is 5.50. The van der Waals surface area contributed by atoms with Crippen LogP contribution in [-0.2, 0) is 0 Å². The van der Waals surface area contributed by atoms with Crippen LogP contribution in [0.4, 0.5) is 23.2 Å². The Balaban J connectivity index is 2.11. The van der Waals surface area contributed by atoms with Crippen molar-refractivity contribution in [3.05, 3.63) is 29.3 Å². The van der Waals surface area contributed by atoms with Crippen molar-refractivity contribution in [3.63, 3.8) is 0 Å². The van der Waals surface area contributed by atoms with Gasteiger partial charge in [-0.2, -0.15) is 0 Å². The Morgan fingerprint density at radius 2 is 1.65 bits per heavy atom. The first-order valence-electron chi connectivity index (χ1n) is 6.86. The fourth-order valence-electron chi connectivity index (χ4n) is 2.49. The zero-order valence-corrected chi connectivity index (χ0v) is 11.4. The number of hydrogen-bond acceptors (Lipinski definition) is 2. The lowest BCUT2D eigenvalue weighted by molar-refractivity contribution is 0.401. The molecule has 0 atom stereocenters. The van der Waals surface area contributed by atoms with E-state index in [9.17, 15) is 17.6 Å². The molecular formula is C14H18F4N2. The zero-order valence-electron chi connectivity index (χ0n) is 11.4. The molecule has 2 rings (SSSR count). The second kappa shape index (κ2) is 6.43. The average molecular weight is 290 g/mol. The predicted octanol–water partition coefficient (Wildman–Crippen LogP) is 3.21. The van der Waals surface area contributed by atoms with Gasteiger partial charge in [0.1, 0.15) is 5.69 Å². The van der Waals surface area contributed by atoms with Crippen molar-refractivity contribution in [2.75, 3.05) is 24.5 Å². The molecular weight excluding hydrogens is 272 g/mol. The highest BCUT2D eigenvalue weighted by Crippen LogP contribution is 2.29. The first-order valence-corrected chi connectivity index (χ1v) is 6.86. The van der Waals surface area contributed by atoms with E-state index in [1.54, 1.807) is 0 Å². The summed E-state index contributed by atoms with van der Waals surface area (Å²) >= 11 is 0. The van der Waals surface area contributed by atoms with Crippen molar-refractivity contribution in [2.45, 2.75) is 32.2 Å². The van der Waals surface area contributed by atoms with E-state index in [-0.39, 0.29) is 12.1 Å². The Morgan fingerprint density at radius 3 is 2.15 bits per heavy atom. The summed E-state index contributed by atoms with van der Waals surface area (Å²) in [6.45, 7) is 3.70. The molecule has 20 heavy (non-hydrogen) atoms. The largest absolute Gasteiger partial charge is 0.366 e. The number of rotatable bonds is 4. The van der Waals surface area contributed by atoms with Crippen LogP contribution in [0.15, 0.2) is 6.07 Å². The Morgan fingerprint density at radius 1 is 1.10 bits per heavy atom. The number of anilines is 1. The molecule has 6 heteroatoms. The molecule has 0 bridgehead atoms. The van der Waals surface area contributed by atoms with Gasteiger partial charge in [0, 0.05) is 25.2 Å². The van der Waals surface area contributed by atoms with Crippen LogP contribution in [0.3, 0.4) is 0 Å². The lowest BCUT2D eigenvalue weighted by Gasteiger charge is -2.34. The van der Waals surface area contributed by atoms with Crippen LogP contribution in [0, 0.1) is 23.3 Å². The quantitative estimate of drug-likeness (QED) is 0.676. The second-order valence-corrected chi connectivity index (χ2v) is 5.03. The molecule has 1 heterocycles. The third kappa shape index (κ3) is 3.06.